The minimum absolute atomic E-state index is 0.153. The van der Waals surface area contributed by atoms with Gasteiger partial charge in [0.1, 0.15) is 0 Å². The van der Waals surface area contributed by atoms with Gasteiger partial charge in [-0.2, -0.15) is 0 Å². The van der Waals surface area contributed by atoms with E-state index in [-0.39, 0.29) is 18.2 Å². The van der Waals surface area contributed by atoms with E-state index in [0.717, 1.165) is 16.7 Å². The molecule has 1 unspecified atom stereocenters. The third-order valence-corrected chi connectivity index (χ3v) is 5.25. The molecule has 0 fully saturated rings. The summed E-state index contributed by atoms with van der Waals surface area (Å²) in [5.41, 5.74) is 2.49. The lowest BCUT2D eigenvalue weighted by atomic mass is 9.68. The van der Waals surface area contributed by atoms with Crippen LogP contribution in [-0.4, -0.2) is 17.9 Å². The lowest BCUT2D eigenvalue weighted by Crippen LogP contribution is -2.43. The second-order valence-corrected chi connectivity index (χ2v) is 6.67. The fraction of sp³-hybridized carbons (Fsp3) is 0.167. The maximum Gasteiger partial charge on any atom is 0.306 e. The molecule has 3 aromatic carbocycles. The van der Waals surface area contributed by atoms with Crippen LogP contribution in [0.4, 0.5) is 0 Å². The van der Waals surface area contributed by atoms with E-state index < -0.39 is 11.5 Å². The van der Waals surface area contributed by atoms with Crippen molar-refractivity contribution in [2.75, 3.05) is 0 Å². The summed E-state index contributed by atoms with van der Waals surface area (Å²) in [6.07, 6.45) is -0.702. The molecule has 0 aliphatic heterocycles. The van der Waals surface area contributed by atoms with Crippen molar-refractivity contribution in [3.05, 3.63) is 107 Å². The first kappa shape index (κ1) is 17.2. The highest BCUT2D eigenvalue weighted by Crippen LogP contribution is 2.50. The topological polar surface area (TPSA) is 43.4 Å². The third kappa shape index (κ3) is 2.58. The standard InChI is InChI=1S/C24H20O3/c1-2-21(25)27-23-22(26)19-15-9-10-16-20(19)24(23,17-11-5-3-6-12-17)18-13-7-4-8-14-18/h3-16,23H,2H2,1H3. The molecule has 0 saturated carbocycles. The first-order valence-corrected chi connectivity index (χ1v) is 9.13. The molecular weight excluding hydrogens is 336 g/mol. The number of hydrogen-bond acceptors (Lipinski definition) is 3. The number of carbonyl (C=O) groups excluding carboxylic acids is 2. The summed E-state index contributed by atoms with van der Waals surface area (Å²) in [5.74, 6) is -0.530. The molecule has 0 heterocycles. The van der Waals surface area contributed by atoms with Crippen LogP contribution in [0.15, 0.2) is 84.9 Å². The van der Waals surface area contributed by atoms with Crippen LogP contribution in [0.2, 0.25) is 0 Å². The van der Waals surface area contributed by atoms with E-state index in [1.54, 1.807) is 6.92 Å². The second-order valence-electron chi connectivity index (χ2n) is 6.67. The van der Waals surface area contributed by atoms with Gasteiger partial charge < -0.3 is 4.74 Å². The molecule has 0 N–H and O–H groups in total. The average molecular weight is 356 g/mol. The first-order chi connectivity index (χ1) is 13.2. The van der Waals surface area contributed by atoms with Crippen LogP contribution in [0.25, 0.3) is 0 Å². The zero-order valence-electron chi connectivity index (χ0n) is 15.1. The molecule has 0 aromatic heterocycles. The first-order valence-electron chi connectivity index (χ1n) is 9.13. The maximum absolute atomic E-state index is 13.3. The van der Waals surface area contributed by atoms with E-state index in [4.69, 9.17) is 4.74 Å². The van der Waals surface area contributed by atoms with E-state index in [0.29, 0.717) is 5.56 Å². The van der Waals surface area contributed by atoms with E-state index in [1.165, 1.54) is 0 Å². The molecule has 3 nitrogen and oxygen atoms in total. The molecule has 3 heteroatoms. The van der Waals surface area contributed by atoms with Crippen molar-refractivity contribution in [2.45, 2.75) is 24.9 Å². The molecule has 134 valence electrons. The zero-order chi connectivity index (χ0) is 18.9. The van der Waals surface area contributed by atoms with Gasteiger partial charge in [0, 0.05) is 12.0 Å². The number of rotatable bonds is 4. The normalized spacial score (nSPS) is 17.4. The number of ketones is 1. The summed E-state index contributed by atoms with van der Waals surface area (Å²) < 4.78 is 5.79. The Hall–Kier alpha value is -3.20. The monoisotopic (exact) mass is 356 g/mol. The lowest BCUT2D eigenvalue weighted by molar-refractivity contribution is -0.148. The molecule has 0 amide bonds. The van der Waals surface area contributed by atoms with Crippen LogP contribution in [0.1, 0.15) is 40.4 Å². The smallest absolute Gasteiger partial charge is 0.306 e. The van der Waals surface area contributed by atoms with E-state index in [9.17, 15) is 9.59 Å². The van der Waals surface area contributed by atoms with Gasteiger partial charge in [-0.25, -0.2) is 0 Å². The van der Waals surface area contributed by atoms with Gasteiger partial charge >= 0.3 is 5.97 Å². The average Bonchev–Trinajstić information content (AvgIpc) is 2.98. The molecule has 0 saturated heterocycles. The summed E-state index contributed by atoms with van der Waals surface area (Å²) >= 11 is 0. The number of Topliss-reactive ketones (excluding diaryl/α,β-unsaturated/α-hetero) is 1. The minimum Gasteiger partial charge on any atom is -0.452 e. The van der Waals surface area contributed by atoms with Crippen molar-refractivity contribution >= 4 is 11.8 Å². The van der Waals surface area contributed by atoms with Crippen molar-refractivity contribution in [1.82, 2.24) is 0 Å². The molecule has 3 aromatic rings. The van der Waals surface area contributed by atoms with Gasteiger partial charge in [0.2, 0.25) is 5.78 Å². The van der Waals surface area contributed by atoms with Crippen LogP contribution in [-0.2, 0) is 14.9 Å². The Balaban J connectivity index is 2.07. The number of esters is 1. The fourth-order valence-electron chi connectivity index (χ4n) is 4.06. The highest BCUT2D eigenvalue weighted by Gasteiger charge is 2.56. The van der Waals surface area contributed by atoms with Crippen molar-refractivity contribution in [3.63, 3.8) is 0 Å². The van der Waals surface area contributed by atoms with Gasteiger partial charge in [-0.05, 0) is 16.7 Å². The van der Waals surface area contributed by atoms with E-state index in [2.05, 4.69) is 0 Å². The SMILES string of the molecule is CCC(=O)OC1C(=O)c2ccccc2C1(c1ccccc1)c1ccccc1. The van der Waals surface area contributed by atoms with Crippen molar-refractivity contribution in [3.8, 4) is 0 Å². The zero-order valence-corrected chi connectivity index (χ0v) is 15.1. The van der Waals surface area contributed by atoms with Crippen molar-refractivity contribution < 1.29 is 14.3 Å². The quantitative estimate of drug-likeness (QED) is 0.645. The second kappa shape index (κ2) is 6.84. The number of benzene rings is 3. The molecular formula is C24H20O3. The fourth-order valence-corrected chi connectivity index (χ4v) is 4.06. The van der Waals surface area contributed by atoms with Crippen LogP contribution in [0.3, 0.4) is 0 Å². The number of ether oxygens (including phenoxy) is 1. The molecule has 27 heavy (non-hydrogen) atoms. The van der Waals surface area contributed by atoms with Crippen LogP contribution >= 0.6 is 0 Å². The van der Waals surface area contributed by atoms with E-state index in [1.807, 2.05) is 84.9 Å². The molecule has 4 rings (SSSR count). The summed E-state index contributed by atoms with van der Waals surface area (Å²) in [7, 11) is 0. The lowest BCUT2D eigenvalue weighted by Gasteiger charge is -2.36. The summed E-state index contributed by atoms with van der Waals surface area (Å²) in [4.78, 5) is 25.6. The van der Waals surface area contributed by atoms with Crippen molar-refractivity contribution in [1.29, 1.82) is 0 Å². The molecule has 0 spiro atoms. The number of fused-ring (bicyclic) bond motifs is 1. The maximum atomic E-state index is 13.3. The van der Waals surface area contributed by atoms with Crippen LogP contribution in [0, 0.1) is 0 Å². The Morgan fingerprint density at radius 1 is 0.852 bits per heavy atom. The minimum atomic E-state index is -0.924. The predicted molar refractivity (Wildman–Crippen MR) is 104 cm³/mol. The van der Waals surface area contributed by atoms with Gasteiger partial charge in [-0.3, -0.25) is 9.59 Å². The van der Waals surface area contributed by atoms with Crippen LogP contribution in [0.5, 0.6) is 0 Å². The summed E-state index contributed by atoms with van der Waals surface area (Å²) in [6, 6.07) is 27.2. The largest absolute Gasteiger partial charge is 0.452 e. The van der Waals surface area contributed by atoms with Gasteiger partial charge in [-0.1, -0.05) is 91.9 Å². The molecule has 1 atom stereocenters. The Bertz CT molecular complexity index is 937. The Morgan fingerprint density at radius 2 is 1.37 bits per heavy atom. The third-order valence-electron chi connectivity index (χ3n) is 5.25. The van der Waals surface area contributed by atoms with Gasteiger partial charge in [0.05, 0.1) is 5.41 Å². The molecule has 0 radical (unpaired) electrons. The number of hydrogen-bond donors (Lipinski definition) is 0. The van der Waals surface area contributed by atoms with Crippen LogP contribution < -0.4 is 0 Å². The highest BCUT2D eigenvalue weighted by molar-refractivity contribution is 6.08. The van der Waals surface area contributed by atoms with Gasteiger partial charge in [-0.15, -0.1) is 0 Å². The van der Waals surface area contributed by atoms with E-state index >= 15 is 0 Å². The summed E-state index contributed by atoms with van der Waals surface area (Å²) in [5, 5.41) is 0. The Labute approximate surface area is 158 Å². The van der Waals surface area contributed by atoms with Gasteiger partial charge in [0.25, 0.3) is 0 Å². The van der Waals surface area contributed by atoms with Gasteiger partial charge in [0.15, 0.2) is 6.10 Å². The Morgan fingerprint density at radius 3 is 1.93 bits per heavy atom. The Kier molecular flexibility index (Phi) is 4.36. The summed E-state index contributed by atoms with van der Waals surface area (Å²) in [6.45, 7) is 1.74. The molecule has 1 aliphatic carbocycles. The number of carbonyl (C=O) groups is 2. The molecule has 0 bridgehead atoms. The van der Waals surface area contributed by atoms with Crippen molar-refractivity contribution in [2.24, 2.45) is 0 Å². The highest BCUT2D eigenvalue weighted by atomic mass is 16.5. The molecule has 1 aliphatic rings. The predicted octanol–water partition coefficient (Wildman–Crippen LogP) is 4.54.